The Hall–Kier alpha value is -3.26. The highest BCUT2D eigenvalue weighted by Gasteiger charge is 2.35. The van der Waals surface area contributed by atoms with E-state index in [9.17, 15) is 19.5 Å². The molecule has 0 aromatic heterocycles. The summed E-state index contributed by atoms with van der Waals surface area (Å²) in [6.07, 6.45) is 2.31. The number of aromatic hydroxyl groups is 1. The number of carbonyl (C=O) groups excluding carboxylic acids is 3. The fourth-order valence-electron chi connectivity index (χ4n) is 2.89. The molecule has 2 aromatic carbocycles. The van der Waals surface area contributed by atoms with E-state index in [1.807, 2.05) is 6.07 Å². The summed E-state index contributed by atoms with van der Waals surface area (Å²) in [5.74, 6) is 0.224. The molecule has 0 radical (unpaired) electrons. The van der Waals surface area contributed by atoms with Gasteiger partial charge in [-0.2, -0.15) is 0 Å². The number of imide groups is 1. The molecule has 2 N–H and O–H groups in total. The Morgan fingerprint density at radius 1 is 1.20 bits per heavy atom. The van der Waals surface area contributed by atoms with Gasteiger partial charge in [0.15, 0.2) is 0 Å². The first kappa shape index (κ1) is 21.4. The lowest BCUT2D eigenvalue weighted by molar-refractivity contribution is -0.124. The van der Waals surface area contributed by atoms with Crippen LogP contribution in [-0.2, 0) is 16.0 Å². The molecule has 1 saturated heterocycles. The number of methoxy groups -OCH3 is 1. The van der Waals surface area contributed by atoms with Crippen molar-refractivity contribution in [1.29, 1.82) is 0 Å². The van der Waals surface area contributed by atoms with Gasteiger partial charge in [0.05, 0.1) is 12.0 Å². The van der Waals surface area contributed by atoms with Gasteiger partial charge in [-0.25, -0.2) is 0 Å². The Bertz CT molecular complexity index is 972. The summed E-state index contributed by atoms with van der Waals surface area (Å²) < 4.78 is 5.17. The van der Waals surface area contributed by atoms with E-state index < -0.39 is 5.91 Å². The normalized spacial score (nSPS) is 15.0. The van der Waals surface area contributed by atoms with Crippen LogP contribution < -0.4 is 10.1 Å². The van der Waals surface area contributed by atoms with Crippen molar-refractivity contribution in [3.05, 3.63) is 64.6 Å². The summed E-state index contributed by atoms with van der Waals surface area (Å²) in [5, 5.41) is 11.7. The smallest absolute Gasteiger partial charge is 0.293 e. The molecule has 7 nitrogen and oxygen atoms in total. The summed E-state index contributed by atoms with van der Waals surface area (Å²) in [7, 11) is 1.56. The first-order valence-corrected chi connectivity index (χ1v) is 10.2. The molecule has 2 aromatic rings. The van der Waals surface area contributed by atoms with Gasteiger partial charge in [-0.05, 0) is 59.7 Å². The van der Waals surface area contributed by atoms with Gasteiger partial charge in [-0.1, -0.05) is 24.3 Å². The Balaban J connectivity index is 1.49. The van der Waals surface area contributed by atoms with E-state index in [0.717, 1.165) is 27.8 Å². The van der Waals surface area contributed by atoms with Gasteiger partial charge >= 0.3 is 0 Å². The van der Waals surface area contributed by atoms with Gasteiger partial charge in [0.1, 0.15) is 11.5 Å². The Labute approximate surface area is 178 Å². The number of thioether (sulfide) groups is 1. The van der Waals surface area contributed by atoms with Gasteiger partial charge in [0.2, 0.25) is 5.91 Å². The third-order valence-corrected chi connectivity index (χ3v) is 5.41. The number of nitrogens with one attached hydrogen (secondary N) is 1. The first-order valence-electron chi connectivity index (χ1n) is 9.40. The second-order valence-electron chi connectivity index (χ2n) is 6.63. The molecule has 30 heavy (non-hydrogen) atoms. The molecule has 3 amide bonds. The number of hydrogen-bond acceptors (Lipinski definition) is 6. The quantitative estimate of drug-likeness (QED) is 0.630. The van der Waals surface area contributed by atoms with E-state index in [2.05, 4.69) is 5.32 Å². The minimum absolute atomic E-state index is 0.0329. The molecule has 0 spiro atoms. The van der Waals surface area contributed by atoms with Crippen molar-refractivity contribution in [2.75, 3.05) is 20.2 Å². The number of benzene rings is 2. The monoisotopic (exact) mass is 426 g/mol. The molecule has 3 rings (SSSR count). The SMILES string of the molecule is COc1cccc(/C=C2\SC(=O)N(CCC(=O)NCCc3ccc(O)cc3)C2=O)c1. The molecular weight excluding hydrogens is 404 g/mol. The van der Waals surface area contributed by atoms with Crippen molar-refractivity contribution in [2.24, 2.45) is 0 Å². The topological polar surface area (TPSA) is 95.9 Å². The zero-order valence-electron chi connectivity index (χ0n) is 16.5. The summed E-state index contributed by atoms with van der Waals surface area (Å²) >= 11 is 0.864. The maximum absolute atomic E-state index is 12.5. The molecule has 8 heteroatoms. The zero-order valence-corrected chi connectivity index (χ0v) is 17.3. The minimum atomic E-state index is -0.398. The number of carbonyl (C=O) groups is 3. The van der Waals surface area contributed by atoms with Crippen molar-refractivity contribution in [3.8, 4) is 11.5 Å². The summed E-state index contributed by atoms with van der Waals surface area (Å²) in [5.41, 5.74) is 1.74. The van der Waals surface area contributed by atoms with Crippen LogP contribution in [0.2, 0.25) is 0 Å². The van der Waals surface area contributed by atoms with Crippen molar-refractivity contribution in [2.45, 2.75) is 12.8 Å². The van der Waals surface area contributed by atoms with Crippen LogP contribution in [-0.4, -0.2) is 47.3 Å². The van der Waals surface area contributed by atoms with Crippen LogP contribution in [0.4, 0.5) is 4.79 Å². The molecule has 0 atom stereocenters. The van der Waals surface area contributed by atoms with E-state index in [1.165, 1.54) is 0 Å². The maximum Gasteiger partial charge on any atom is 0.293 e. The summed E-state index contributed by atoms with van der Waals surface area (Å²) in [6.45, 7) is 0.465. The lowest BCUT2D eigenvalue weighted by Crippen LogP contribution is -2.34. The second kappa shape index (κ2) is 9.98. The Kier molecular flexibility index (Phi) is 7.13. The number of rotatable bonds is 8. The molecule has 1 aliphatic heterocycles. The molecule has 0 unspecified atom stereocenters. The molecule has 1 aliphatic rings. The number of phenolic OH excluding ortho intramolecular Hbond substituents is 1. The number of phenols is 1. The van der Waals surface area contributed by atoms with Gasteiger partial charge in [0, 0.05) is 19.5 Å². The Morgan fingerprint density at radius 3 is 2.70 bits per heavy atom. The predicted octanol–water partition coefficient (Wildman–Crippen LogP) is 3.19. The van der Waals surface area contributed by atoms with E-state index in [4.69, 9.17) is 4.74 Å². The number of amides is 3. The molecule has 156 valence electrons. The van der Waals surface area contributed by atoms with Crippen LogP contribution >= 0.6 is 11.8 Å². The predicted molar refractivity (Wildman–Crippen MR) is 115 cm³/mol. The van der Waals surface area contributed by atoms with Crippen LogP contribution in [0.15, 0.2) is 53.4 Å². The second-order valence-corrected chi connectivity index (χ2v) is 7.62. The van der Waals surface area contributed by atoms with Crippen molar-refractivity contribution in [3.63, 3.8) is 0 Å². The van der Waals surface area contributed by atoms with Gasteiger partial charge in [-0.3, -0.25) is 19.3 Å². The van der Waals surface area contributed by atoms with Gasteiger partial charge < -0.3 is 15.2 Å². The molecule has 1 heterocycles. The average molecular weight is 426 g/mol. The average Bonchev–Trinajstić information content (AvgIpc) is 3.00. The molecule has 1 fully saturated rings. The van der Waals surface area contributed by atoms with Crippen molar-refractivity contribution in [1.82, 2.24) is 10.2 Å². The third kappa shape index (κ3) is 5.64. The van der Waals surface area contributed by atoms with Crippen LogP contribution in [0.3, 0.4) is 0 Å². The lowest BCUT2D eigenvalue weighted by atomic mass is 10.1. The van der Waals surface area contributed by atoms with Crippen LogP contribution in [0.5, 0.6) is 11.5 Å². The number of hydrogen-bond donors (Lipinski definition) is 2. The fourth-order valence-corrected chi connectivity index (χ4v) is 3.75. The van der Waals surface area contributed by atoms with Crippen LogP contribution in [0, 0.1) is 0 Å². The molecule has 0 aliphatic carbocycles. The number of ether oxygens (including phenoxy) is 1. The zero-order chi connectivity index (χ0) is 21.5. The minimum Gasteiger partial charge on any atom is -0.508 e. The number of nitrogens with zero attached hydrogens (tertiary/aromatic N) is 1. The molecule has 0 bridgehead atoms. The van der Waals surface area contributed by atoms with Crippen LogP contribution in [0.25, 0.3) is 6.08 Å². The standard InChI is InChI=1S/C22H22N2O5S/c1-29-18-4-2-3-16(13-18)14-19-21(27)24(22(28)30-19)12-10-20(26)23-11-9-15-5-7-17(25)8-6-15/h2-8,13-14,25H,9-12H2,1H3,(H,23,26)/b19-14-. The largest absolute Gasteiger partial charge is 0.508 e. The van der Waals surface area contributed by atoms with Crippen molar-refractivity contribution >= 4 is 34.9 Å². The van der Waals surface area contributed by atoms with Gasteiger partial charge in [-0.15, -0.1) is 0 Å². The van der Waals surface area contributed by atoms with Crippen LogP contribution in [0.1, 0.15) is 17.5 Å². The van der Waals surface area contributed by atoms with E-state index in [0.29, 0.717) is 23.6 Å². The van der Waals surface area contributed by atoms with Crippen molar-refractivity contribution < 1.29 is 24.2 Å². The maximum atomic E-state index is 12.5. The van der Waals surface area contributed by atoms with Gasteiger partial charge in [0.25, 0.3) is 11.1 Å². The highest BCUT2D eigenvalue weighted by molar-refractivity contribution is 8.18. The highest BCUT2D eigenvalue weighted by Crippen LogP contribution is 2.32. The van der Waals surface area contributed by atoms with E-state index >= 15 is 0 Å². The summed E-state index contributed by atoms with van der Waals surface area (Å²) in [4.78, 5) is 38.2. The molecular formula is C22H22N2O5S. The fraction of sp³-hybridized carbons (Fsp3) is 0.227. The highest BCUT2D eigenvalue weighted by atomic mass is 32.2. The lowest BCUT2D eigenvalue weighted by Gasteiger charge is -2.12. The molecule has 0 saturated carbocycles. The Morgan fingerprint density at radius 2 is 1.97 bits per heavy atom. The third-order valence-electron chi connectivity index (χ3n) is 4.50. The van der Waals surface area contributed by atoms with E-state index in [-0.39, 0.29) is 29.9 Å². The first-order chi connectivity index (χ1) is 14.5. The summed E-state index contributed by atoms with van der Waals surface area (Å²) in [6, 6.07) is 14.0. The van der Waals surface area contributed by atoms with E-state index in [1.54, 1.807) is 55.7 Å².